The van der Waals surface area contributed by atoms with Crippen molar-refractivity contribution < 1.29 is 13.7 Å². The van der Waals surface area contributed by atoms with Crippen LogP contribution in [0.25, 0.3) is 11.1 Å². The van der Waals surface area contributed by atoms with E-state index in [0.717, 1.165) is 22.4 Å². The highest BCUT2D eigenvalue weighted by Crippen LogP contribution is 2.33. The maximum absolute atomic E-state index is 13.3. The molecule has 0 radical (unpaired) electrons. The average Bonchev–Trinajstić information content (AvgIpc) is 3.24. The van der Waals surface area contributed by atoms with E-state index in [1.165, 1.54) is 29.7 Å². The molecular weight excluding hydrogens is 483 g/mol. The molecule has 1 unspecified atom stereocenters. The van der Waals surface area contributed by atoms with Crippen LogP contribution >= 0.6 is 11.3 Å². The molecule has 3 aromatic carbocycles. The highest BCUT2D eigenvalue weighted by atomic mass is 32.2. The Bertz CT molecular complexity index is 1360. The minimum Gasteiger partial charge on any atom is -0.593 e. The number of aryl methyl sites for hydroxylation is 1. The number of amides is 1. The molecule has 1 aromatic heterocycles. The number of nitrogens with one attached hydrogen (secondary N) is 1. The molecule has 0 saturated carbocycles. The second kappa shape index (κ2) is 10.7. The van der Waals surface area contributed by atoms with Crippen LogP contribution in [0.4, 0.5) is 15.2 Å². The minimum absolute atomic E-state index is 0.227. The molecule has 35 heavy (non-hydrogen) atoms. The van der Waals surface area contributed by atoms with E-state index in [4.69, 9.17) is 5.26 Å². The topological polar surface area (TPSA) is 92.1 Å². The maximum Gasteiger partial charge on any atom is 0.311 e. The number of benzene rings is 3. The molecule has 0 spiro atoms. The maximum atomic E-state index is 13.3. The molecule has 0 aliphatic carbocycles. The summed E-state index contributed by atoms with van der Waals surface area (Å²) < 4.78 is 27.1. The molecule has 0 aliphatic rings. The van der Waals surface area contributed by atoms with Gasteiger partial charge in [0.25, 0.3) is 0 Å². The Hall–Kier alpha value is -3.71. The van der Waals surface area contributed by atoms with Crippen molar-refractivity contribution in [2.45, 2.75) is 13.5 Å². The second-order valence-corrected chi connectivity index (χ2v) is 10.0. The van der Waals surface area contributed by atoms with Crippen molar-refractivity contribution in [2.24, 2.45) is 0 Å². The van der Waals surface area contributed by atoms with E-state index in [9.17, 15) is 13.7 Å². The lowest BCUT2D eigenvalue weighted by molar-refractivity contribution is 0.0977. The van der Waals surface area contributed by atoms with Crippen LogP contribution in [0.3, 0.4) is 0 Å². The van der Waals surface area contributed by atoms with Gasteiger partial charge in [0.15, 0.2) is 5.13 Å². The Morgan fingerprint density at radius 1 is 1.09 bits per heavy atom. The fourth-order valence-electron chi connectivity index (χ4n) is 3.50. The monoisotopic (exact) mass is 504 g/mol. The van der Waals surface area contributed by atoms with E-state index < -0.39 is 17.3 Å². The van der Waals surface area contributed by atoms with Crippen LogP contribution in [0, 0.1) is 24.1 Å². The van der Waals surface area contributed by atoms with Gasteiger partial charge in [-0.15, -0.1) is 11.3 Å². The Labute approximate surface area is 210 Å². The highest BCUT2D eigenvalue weighted by molar-refractivity contribution is 7.89. The SMILES string of the molecule is Cc1sc(N(Cc2ccc(-c3ccc(F)cc3)cc2)c2ccc(C#N)cc2)nc1C(=O)N[S+](C)[O-]. The Kier molecular flexibility index (Phi) is 7.46. The Morgan fingerprint density at radius 3 is 2.26 bits per heavy atom. The van der Waals surface area contributed by atoms with Crippen molar-refractivity contribution in [1.82, 2.24) is 9.71 Å². The summed E-state index contributed by atoms with van der Waals surface area (Å²) in [6, 6.07) is 23.5. The van der Waals surface area contributed by atoms with Gasteiger partial charge in [-0.2, -0.15) is 9.98 Å². The second-order valence-electron chi connectivity index (χ2n) is 7.74. The van der Waals surface area contributed by atoms with Gasteiger partial charge in [0.2, 0.25) is 0 Å². The Morgan fingerprint density at radius 2 is 1.69 bits per heavy atom. The van der Waals surface area contributed by atoms with E-state index in [2.05, 4.69) is 15.8 Å². The van der Waals surface area contributed by atoms with Gasteiger partial charge in [-0.05, 0) is 60.0 Å². The van der Waals surface area contributed by atoms with Crippen molar-refractivity contribution in [1.29, 1.82) is 5.26 Å². The zero-order chi connectivity index (χ0) is 24.9. The van der Waals surface area contributed by atoms with Gasteiger partial charge in [0.1, 0.15) is 17.8 Å². The molecular formula is C26H21FN4O2S2. The van der Waals surface area contributed by atoms with Gasteiger partial charge in [-0.25, -0.2) is 9.37 Å². The van der Waals surface area contributed by atoms with Gasteiger partial charge >= 0.3 is 5.91 Å². The number of carbonyl (C=O) groups is 1. The molecule has 0 bridgehead atoms. The first-order valence-electron chi connectivity index (χ1n) is 10.6. The first-order valence-corrected chi connectivity index (χ1v) is 13.0. The fourth-order valence-corrected chi connectivity index (χ4v) is 4.78. The van der Waals surface area contributed by atoms with E-state index >= 15 is 0 Å². The number of aromatic nitrogens is 1. The third-order valence-electron chi connectivity index (χ3n) is 5.25. The van der Waals surface area contributed by atoms with Crippen LogP contribution in [0.15, 0.2) is 72.8 Å². The molecule has 1 N–H and O–H groups in total. The lowest BCUT2D eigenvalue weighted by Crippen LogP contribution is -2.30. The summed E-state index contributed by atoms with van der Waals surface area (Å²) in [5.74, 6) is -0.769. The van der Waals surface area contributed by atoms with Crippen LogP contribution < -0.4 is 9.62 Å². The average molecular weight is 505 g/mol. The molecule has 4 rings (SSSR count). The summed E-state index contributed by atoms with van der Waals surface area (Å²) in [7, 11) is 0. The zero-order valence-electron chi connectivity index (χ0n) is 19.0. The molecule has 0 aliphatic heterocycles. The number of nitriles is 1. The number of hydrogen-bond donors (Lipinski definition) is 1. The molecule has 9 heteroatoms. The molecule has 1 heterocycles. The third-order valence-corrected chi connectivity index (χ3v) is 6.71. The lowest BCUT2D eigenvalue weighted by atomic mass is 10.0. The summed E-state index contributed by atoms with van der Waals surface area (Å²) in [5, 5.41) is 9.76. The largest absolute Gasteiger partial charge is 0.593 e. The quantitative estimate of drug-likeness (QED) is 0.336. The first-order chi connectivity index (χ1) is 16.8. The standard InChI is InChI=1S/C26H21FN4O2S2/c1-17-24(25(32)30-35(2)33)29-26(34-17)31(23-13-5-18(15-28)6-14-23)16-19-3-7-20(8-4-19)21-9-11-22(27)12-10-21/h3-14H,16H2,1-2H3,(H,30,32). The number of rotatable bonds is 7. The van der Waals surface area contributed by atoms with Crippen LogP contribution in [0.2, 0.25) is 0 Å². The number of thiazole rings is 1. The molecule has 1 atom stereocenters. The zero-order valence-corrected chi connectivity index (χ0v) is 20.6. The van der Waals surface area contributed by atoms with Crippen LogP contribution in [-0.4, -0.2) is 21.7 Å². The van der Waals surface area contributed by atoms with Gasteiger partial charge < -0.3 is 9.45 Å². The summed E-state index contributed by atoms with van der Waals surface area (Å²) in [6.07, 6.45) is 1.39. The third kappa shape index (κ3) is 5.87. The number of anilines is 2. The van der Waals surface area contributed by atoms with Crippen molar-refractivity contribution in [3.05, 3.63) is 100 Å². The molecule has 0 fully saturated rings. The Balaban J connectivity index is 1.66. The van der Waals surface area contributed by atoms with Crippen LogP contribution in [-0.2, 0) is 17.9 Å². The fraction of sp³-hybridized carbons (Fsp3) is 0.115. The van der Waals surface area contributed by atoms with Crippen LogP contribution in [0.5, 0.6) is 0 Å². The lowest BCUT2D eigenvalue weighted by Gasteiger charge is -2.22. The van der Waals surface area contributed by atoms with Crippen molar-refractivity contribution >= 4 is 39.4 Å². The van der Waals surface area contributed by atoms with Crippen LogP contribution in [0.1, 0.15) is 26.5 Å². The molecule has 0 saturated heterocycles. The first kappa shape index (κ1) is 24.4. The molecule has 176 valence electrons. The molecule has 1 amide bonds. The van der Waals surface area contributed by atoms with Gasteiger partial charge in [0, 0.05) is 10.6 Å². The number of halogens is 1. The smallest absolute Gasteiger partial charge is 0.311 e. The van der Waals surface area contributed by atoms with E-state index in [0.29, 0.717) is 22.1 Å². The van der Waals surface area contributed by atoms with E-state index in [-0.39, 0.29) is 11.5 Å². The van der Waals surface area contributed by atoms with Crippen molar-refractivity contribution in [3.63, 3.8) is 0 Å². The van der Waals surface area contributed by atoms with E-state index in [1.807, 2.05) is 41.3 Å². The molecule has 6 nitrogen and oxygen atoms in total. The number of hydrogen-bond acceptors (Lipinski definition) is 6. The summed E-state index contributed by atoms with van der Waals surface area (Å²) in [4.78, 5) is 19.7. The molecule has 4 aromatic rings. The van der Waals surface area contributed by atoms with Gasteiger partial charge in [-0.1, -0.05) is 36.4 Å². The highest BCUT2D eigenvalue weighted by Gasteiger charge is 2.22. The predicted octanol–water partition coefficient (Wildman–Crippen LogP) is 5.49. The van der Waals surface area contributed by atoms with E-state index in [1.54, 1.807) is 31.2 Å². The number of carbonyl (C=O) groups excluding carboxylic acids is 1. The van der Waals surface area contributed by atoms with Crippen molar-refractivity contribution in [2.75, 3.05) is 11.2 Å². The predicted molar refractivity (Wildman–Crippen MR) is 137 cm³/mol. The minimum atomic E-state index is -1.50. The van der Waals surface area contributed by atoms with Gasteiger partial charge in [0.05, 0.1) is 29.5 Å². The van der Waals surface area contributed by atoms with Crippen molar-refractivity contribution in [3.8, 4) is 17.2 Å². The summed E-state index contributed by atoms with van der Waals surface area (Å²) in [6.45, 7) is 2.26. The summed E-state index contributed by atoms with van der Waals surface area (Å²) in [5.41, 5.74) is 4.46. The summed E-state index contributed by atoms with van der Waals surface area (Å²) >= 11 is -0.139. The van der Waals surface area contributed by atoms with Gasteiger partial charge in [-0.3, -0.25) is 4.79 Å². The normalized spacial score (nSPS) is 11.5. The number of nitrogens with zero attached hydrogens (tertiary/aromatic N) is 3.